The Balaban J connectivity index is 1.85. The zero-order valence-corrected chi connectivity index (χ0v) is 13.8. The summed E-state index contributed by atoms with van der Waals surface area (Å²) in [5, 5.41) is 5.27. The Morgan fingerprint density at radius 3 is 2.52 bits per heavy atom. The highest BCUT2D eigenvalue weighted by molar-refractivity contribution is 7.89. The van der Waals surface area contributed by atoms with Gasteiger partial charge in [-0.2, -0.15) is 0 Å². The van der Waals surface area contributed by atoms with E-state index < -0.39 is 28.3 Å². The van der Waals surface area contributed by atoms with Crippen LogP contribution in [0.3, 0.4) is 0 Å². The second-order valence-electron chi connectivity index (χ2n) is 5.53. The maximum atomic E-state index is 13.4. The topological polar surface area (TPSA) is 87.3 Å². The van der Waals surface area contributed by atoms with E-state index in [1.807, 2.05) is 0 Å². The van der Waals surface area contributed by atoms with E-state index in [0.717, 1.165) is 12.0 Å². The van der Waals surface area contributed by atoms with Crippen molar-refractivity contribution in [2.45, 2.75) is 49.8 Å². The molecule has 1 aromatic rings. The van der Waals surface area contributed by atoms with E-state index in [-0.39, 0.29) is 11.4 Å². The van der Waals surface area contributed by atoms with Gasteiger partial charge in [-0.05, 0) is 37.0 Å². The molecule has 6 nitrogen and oxygen atoms in total. The van der Waals surface area contributed by atoms with Crippen molar-refractivity contribution in [3.8, 4) is 0 Å². The number of urea groups is 1. The number of benzene rings is 1. The lowest BCUT2D eigenvalue weighted by atomic mass is 10.2. The number of hydrogen-bond acceptors (Lipinski definition) is 3. The van der Waals surface area contributed by atoms with E-state index in [9.17, 15) is 17.6 Å². The largest absolute Gasteiger partial charge is 0.334 e. The molecule has 0 aliphatic heterocycles. The molecule has 0 heterocycles. The van der Waals surface area contributed by atoms with E-state index in [0.29, 0.717) is 19.4 Å². The molecule has 1 saturated carbocycles. The second kappa shape index (κ2) is 7.74. The van der Waals surface area contributed by atoms with Crippen LogP contribution in [0.15, 0.2) is 29.2 Å². The van der Waals surface area contributed by atoms with E-state index >= 15 is 0 Å². The van der Waals surface area contributed by atoms with Crippen molar-refractivity contribution in [1.82, 2.24) is 15.4 Å². The fraction of sp³-hybridized carbons (Fsp3) is 0.533. The van der Waals surface area contributed by atoms with Gasteiger partial charge in [0.05, 0.1) is 10.9 Å². The third-order valence-electron chi connectivity index (χ3n) is 3.77. The van der Waals surface area contributed by atoms with Gasteiger partial charge in [0.1, 0.15) is 6.17 Å². The van der Waals surface area contributed by atoms with Crippen molar-refractivity contribution < 1.29 is 17.6 Å². The molecule has 2 rings (SSSR count). The molecule has 2 amide bonds. The Kier molecular flexibility index (Phi) is 5.95. The Labute approximate surface area is 135 Å². The van der Waals surface area contributed by atoms with Gasteiger partial charge >= 0.3 is 6.03 Å². The summed E-state index contributed by atoms with van der Waals surface area (Å²) in [6.07, 6.45) is 0.961. The summed E-state index contributed by atoms with van der Waals surface area (Å²) in [6.45, 7) is 2.28. The van der Waals surface area contributed by atoms with E-state index in [4.69, 9.17) is 0 Å². The van der Waals surface area contributed by atoms with Gasteiger partial charge in [0.25, 0.3) is 0 Å². The molecule has 1 fully saturated rings. The summed E-state index contributed by atoms with van der Waals surface area (Å²) >= 11 is 0. The SMILES string of the molecule is CCNS(=O)(=O)c1ccc(CNC(=O)N[C@H]2CCC[C@H]2F)cc1. The molecule has 0 saturated heterocycles. The smallest absolute Gasteiger partial charge is 0.315 e. The first-order valence-electron chi connectivity index (χ1n) is 7.69. The zero-order chi connectivity index (χ0) is 16.9. The Bertz CT molecular complexity index is 634. The summed E-state index contributed by atoms with van der Waals surface area (Å²) < 4.78 is 39.4. The van der Waals surface area contributed by atoms with Crippen LogP contribution in [0.4, 0.5) is 9.18 Å². The number of hydrogen-bond donors (Lipinski definition) is 3. The van der Waals surface area contributed by atoms with Crippen LogP contribution in [-0.4, -0.2) is 33.2 Å². The summed E-state index contributed by atoms with van der Waals surface area (Å²) in [4.78, 5) is 11.9. The molecule has 0 unspecified atom stereocenters. The van der Waals surface area contributed by atoms with Crippen molar-refractivity contribution in [2.24, 2.45) is 0 Å². The molecule has 0 radical (unpaired) electrons. The lowest BCUT2D eigenvalue weighted by molar-refractivity contribution is 0.224. The van der Waals surface area contributed by atoms with Crippen LogP contribution >= 0.6 is 0 Å². The van der Waals surface area contributed by atoms with Gasteiger partial charge in [-0.15, -0.1) is 0 Å². The Hall–Kier alpha value is -1.67. The normalized spacial score (nSPS) is 21.1. The number of rotatable bonds is 6. The number of nitrogens with one attached hydrogen (secondary N) is 3. The number of carbonyl (C=O) groups is 1. The molecule has 0 spiro atoms. The molecule has 8 heteroatoms. The van der Waals surface area contributed by atoms with Crippen LogP contribution in [-0.2, 0) is 16.6 Å². The quantitative estimate of drug-likeness (QED) is 0.734. The average molecular weight is 343 g/mol. The van der Waals surface area contributed by atoms with Gasteiger partial charge in [-0.25, -0.2) is 22.3 Å². The van der Waals surface area contributed by atoms with E-state index in [1.165, 1.54) is 12.1 Å². The molecule has 2 atom stereocenters. The molecule has 0 bridgehead atoms. The molecular weight excluding hydrogens is 321 g/mol. The van der Waals surface area contributed by atoms with Crippen LogP contribution in [0.2, 0.25) is 0 Å². The van der Waals surface area contributed by atoms with Crippen LogP contribution in [0.1, 0.15) is 31.7 Å². The highest BCUT2D eigenvalue weighted by Gasteiger charge is 2.28. The minimum Gasteiger partial charge on any atom is -0.334 e. The number of alkyl halides is 1. The maximum Gasteiger partial charge on any atom is 0.315 e. The van der Waals surface area contributed by atoms with Gasteiger partial charge in [0, 0.05) is 13.1 Å². The standard InChI is InChI=1S/C15H22FN3O3S/c1-2-18-23(21,22)12-8-6-11(7-9-12)10-17-15(20)19-14-5-3-4-13(14)16/h6-9,13-14,18H,2-5,10H2,1H3,(H2,17,19,20)/t13-,14+/m1/s1. The molecule has 0 aromatic heterocycles. The molecule has 3 N–H and O–H groups in total. The van der Waals surface area contributed by atoms with Crippen molar-refractivity contribution in [2.75, 3.05) is 6.54 Å². The molecule has 1 aromatic carbocycles. The van der Waals surface area contributed by atoms with Crippen molar-refractivity contribution >= 4 is 16.1 Å². The third kappa shape index (κ3) is 4.90. The highest BCUT2D eigenvalue weighted by atomic mass is 32.2. The summed E-state index contributed by atoms with van der Waals surface area (Å²) in [6, 6.07) is 5.42. The molecule has 1 aliphatic rings. The van der Waals surface area contributed by atoms with E-state index in [2.05, 4.69) is 15.4 Å². The van der Waals surface area contributed by atoms with Gasteiger partial charge < -0.3 is 10.6 Å². The number of sulfonamides is 1. The van der Waals surface area contributed by atoms with Crippen LogP contribution < -0.4 is 15.4 Å². The first kappa shape index (κ1) is 17.7. The molecular formula is C15H22FN3O3S. The second-order valence-corrected chi connectivity index (χ2v) is 7.29. The first-order chi connectivity index (χ1) is 10.9. The maximum absolute atomic E-state index is 13.4. The fourth-order valence-electron chi connectivity index (χ4n) is 2.54. The van der Waals surface area contributed by atoms with E-state index in [1.54, 1.807) is 19.1 Å². The minimum absolute atomic E-state index is 0.179. The van der Waals surface area contributed by atoms with Gasteiger partial charge in [0.15, 0.2) is 0 Å². The molecule has 128 valence electrons. The predicted molar refractivity (Wildman–Crippen MR) is 85.2 cm³/mol. The Morgan fingerprint density at radius 1 is 1.26 bits per heavy atom. The van der Waals surface area contributed by atoms with Crippen molar-refractivity contribution in [3.05, 3.63) is 29.8 Å². The van der Waals surface area contributed by atoms with Crippen LogP contribution in [0.5, 0.6) is 0 Å². The minimum atomic E-state index is -3.47. The number of amides is 2. The zero-order valence-electron chi connectivity index (χ0n) is 13.0. The van der Waals surface area contributed by atoms with Gasteiger partial charge in [0.2, 0.25) is 10.0 Å². The molecule has 1 aliphatic carbocycles. The number of halogens is 1. The van der Waals surface area contributed by atoms with Crippen LogP contribution in [0, 0.1) is 0 Å². The van der Waals surface area contributed by atoms with Crippen molar-refractivity contribution in [3.63, 3.8) is 0 Å². The highest BCUT2D eigenvalue weighted by Crippen LogP contribution is 2.21. The van der Waals surface area contributed by atoms with Crippen LogP contribution in [0.25, 0.3) is 0 Å². The van der Waals surface area contributed by atoms with Gasteiger partial charge in [-0.3, -0.25) is 0 Å². The summed E-state index contributed by atoms with van der Waals surface area (Å²) in [5.74, 6) is 0. The summed E-state index contributed by atoms with van der Waals surface area (Å²) in [5.41, 5.74) is 0.763. The predicted octanol–water partition coefficient (Wildman–Crippen LogP) is 1.67. The number of carbonyl (C=O) groups excluding carboxylic acids is 1. The Morgan fingerprint density at radius 2 is 1.96 bits per heavy atom. The first-order valence-corrected chi connectivity index (χ1v) is 9.17. The summed E-state index contributed by atoms with van der Waals surface area (Å²) in [7, 11) is -3.47. The third-order valence-corrected chi connectivity index (χ3v) is 5.33. The average Bonchev–Trinajstić information content (AvgIpc) is 2.91. The van der Waals surface area contributed by atoms with Crippen molar-refractivity contribution in [1.29, 1.82) is 0 Å². The molecule has 23 heavy (non-hydrogen) atoms. The lowest BCUT2D eigenvalue weighted by Crippen LogP contribution is -2.44. The fourth-order valence-corrected chi connectivity index (χ4v) is 3.58. The van der Waals surface area contributed by atoms with Gasteiger partial charge in [-0.1, -0.05) is 19.1 Å². The monoisotopic (exact) mass is 343 g/mol. The lowest BCUT2D eigenvalue weighted by Gasteiger charge is -2.15.